The van der Waals surface area contributed by atoms with Gasteiger partial charge in [0, 0.05) is 48.0 Å². The van der Waals surface area contributed by atoms with Crippen molar-refractivity contribution in [2.24, 2.45) is 11.1 Å². The molecule has 4 atom stereocenters. The summed E-state index contributed by atoms with van der Waals surface area (Å²) in [4.78, 5) is 16.5. The van der Waals surface area contributed by atoms with Crippen LogP contribution >= 0.6 is 0 Å². The molecule has 0 aliphatic heterocycles. The van der Waals surface area contributed by atoms with Crippen molar-refractivity contribution in [1.29, 1.82) is 0 Å². The van der Waals surface area contributed by atoms with Crippen molar-refractivity contribution in [3.63, 3.8) is 0 Å². The maximum atomic E-state index is 11.7. The van der Waals surface area contributed by atoms with Crippen LogP contribution in [0.5, 0.6) is 0 Å². The molecule has 2 unspecified atom stereocenters. The molecule has 8 rings (SSSR count). The molecule has 1 heterocycles. The average Bonchev–Trinajstić information content (AvgIpc) is 3.86. The molecule has 42 heavy (non-hydrogen) atoms. The molecule has 4 aliphatic rings. The Morgan fingerprint density at radius 3 is 2.14 bits per heavy atom. The molecule has 0 spiro atoms. The molecule has 7 nitrogen and oxygen atoms in total. The number of nitrogens with two attached hydrogens (primary N) is 1. The zero-order valence-corrected chi connectivity index (χ0v) is 23.8. The first kappa shape index (κ1) is 25.9. The highest BCUT2D eigenvalue weighted by atomic mass is 16.5. The number of nitrogens with zero attached hydrogens (tertiary/aromatic N) is 2. The van der Waals surface area contributed by atoms with Crippen LogP contribution in [0.4, 0.5) is 0 Å². The van der Waals surface area contributed by atoms with Gasteiger partial charge in [0.2, 0.25) is 5.91 Å². The first-order valence-corrected chi connectivity index (χ1v) is 15.4. The lowest BCUT2D eigenvalue weighted by molar-refractivity contribution is -0.122. The lowest BCUT2D eigenvalue weighted by Gasteiger charge is -2.12. The summed E-state index contributed by atoms with van der Waals surface area (Å²) in [5, 5.41) is 11.8. The molecule has 4 N–H and O–H groups in total. The van der Waals surface area contributed by atoms with Crippen LogP contribution in [0.1, 0.15) is 67.3 Å². The highest BCUT2D eigenvalue weighted by Gasteiger charge is 2.51. The number of benzene rings is 3. The number of nitrogens with one attached hydrogen (secondary N) is 2. The van der Waals surface area contributed by atoms with Gasteiger partial charge in [-0.1, -0.05) is 71.9 Å². The fourth-order valence-electron chi connectivity index (χ4n) is 6.53. The predicted molar refractivity (Wildman–Crippen MR) is 162 cm³/mol. The monoisotopic (exact) mass is 559 g/mol. The standard InChI is InChI=1S/C35H37N5O2/c36-32(41)34(13-14-34)20-37-30-19-28(30)26-8-4-7-25(17-26)22-9-11-24(12-10-22)31-39-33(40-42-31)35(15-16-35)21-38-29-18-27(29)23-5-2-1-3-6-23/h1-12,17,27-30,37-38H,13-16,18-21H2,(H2,36,41)/t27?,28?,29-,30-/m0/s1. The Kier molecular flexibility index (Phi) is 6.09. The lowest BCUT2D eigenvalue weighted by atomic mass is 10.00. The van der Waals surface area contributed by atoms with Crippen LogP contribution in [0.25, 0.3) is 22.6 Å². The number of rotatable bonds is 12. The van der Waals surface area contributed by atoms with Crippen LogP contribution in [-0.4, -0.2) is 41.2 Å². The zero-order valence-electron chi connectivity index (χ0n) is 23.8. The quantitative estimate of drug-likeness (QED) is 0.218. The fourth-order valence-corrected chi connectivity index (χ4v) is 6.53. The van der Waals surface area contributed by atoms with Crippen molar-refractivity contribution in [1.82, 2.24) is 20.8 Å². The first-order valence-electron chi connectivity index (χ1n) is 15.4. The van der Waals surface area contributed by atoms with Crippen LogP contribution in [0.2, 0.25) is 0 Å². The summed E-state index contributed by atoms with van der Waals surface area (Å²) in [7, 11) is 0. The number of aromatic nitrogens is 2. The van der Waals surface area contributed by atoms with E-state index in [0.29, 0.717) is 36.4 Å². The average molecular weight is 560 g/mol. The Balaban J connectivity index is 0.886. The van der Waals surface area contributed by atoms with E-state index in [9.17, 15) is 4.79 Å². The van der Waals surface area contributed by atoms with Gasteiger partial charge in [0.25, 0.3) is 5.89 Å². The summed E-state index contributed by atoms with van der Waals surface area (Å²) in [5.74, 6) is 2.35. The van der Waals surface area contributed by atoms with E-state index in [-0.39, 0.29) is 16.7 Å². The molecular weight excluding hydrogens is 522 g/mol. The van der Waals surface area contributed by atoms with Crippen LogP contribution in [0, 0.1) is 5.41 Å². The Morgan fingerprint density at radius 1 is 0.786 bits per heavy atom. The van der Waals surface area contributed by atoms with Gasteiger partial charge >= 0.3 is 0 Å². The maximum Gasteiger partial charge on any atom is 0.257 e. The maximum absolute atomic E-state index is 11.7. The second-order valence-corrected chi connectivity index (χ2v) is 13.1. The second-order valence-electron chi connectivity index (χ2n) is 13.1. The Bertz CT molecular complexity index is 1610. The number of carbonyl (C=O) groups is 1. The van der Waals surface area contributed by atoms with E-state index in [1.54, 1.807) is 0 Å². The third-order valence-corrected chi connectivity index (χ3v) is 10.1. The summed E-state index contributed by atoms with van der Waals surface area (Å²) < 4.78 is 5.75. The van der Waals surface area contributed by atoms with Crippen molar-refractivity contribution < 1.29 is 9.32 Å². The zero-order chi connectivity index (χ0) is 28.3. The van der Waals surface area contributed by atoms with Gasteiger partial charge in [0.15, 0.2) is 5.82 Å². The summed E-state index contributed by atoms with van der Waals surface area (Å²) in [6, 6.07) is 29.0. The van der Waals surface area contributed by atoms with Gasteiger partial charge in [0.05, 0.1) is 5.41 Å². The van der Waals surface area contributed by atoms with E-state index >= 15 is 0 Å². The molecule has 4 aromatic rings. The fraction of sp³-hybridized carbons (Fsp3) is 0.400. The largest absolute Gasteiger partial charge is 0.369 e. The van der Waals surface area contributed by atoms with Gasteiger partial charge in [-0.15, -0.1) is 0 Å². The minimum Gasteiger partial charge on any atom is -0.369 e. The normalized spacial score (nSPS) is 26.0. The highest BCUT2D eigenvalue weighted by Crippen LogP contribution is 2.49. The van der Waals surface area contributed by atoms with Crippen molar-refractivity contribution in [3.05, 3.63) is 95.8 Å². The van der Waals surface area contributed by atoms with Crippen molar-refractivity contribution >= 4 is 5.91 Å². The van der Waals surface area contributed by atoms with Crippen molar-refractivity contribution in [3.8, 4) is 22.6 Å². The van der Waals surface area contributed by atoms with Gasteiger partial charge in [-0.3, -0.25) is 4.79 Å². The molecule has 1 amide bonds. The lowest BCUT2D eigenvalue weighted by Crippen LogP contribution is -2.35. The summed E-state index contributed by atoms with van der Waals surface area (Å²) >= 11 is 0. The third-order valence-electron chi connectivity index (χ3n) is 10.1. The molecule has 7 heteroatoms. The van der Waals surface area contributed by atoms with E-state index in [2.05, 4.69) is 94.7 Å². The number of hydrogen-bond donors (Lipinski definition) is 3. The van der Waals surface area contributed by atoms with Crippen LogP contribution < -0.4 is 16.4 Å². The van der Waals surface area contributed by atoms with E-state index in [4.69, 9.17) is 15.2 Å². The van der Waals surface area contributed by atoms with Crippen LogP contribution in [-0.2, 0) is 10.2 Å². The molecule has 3 aromatic carbocycles. The smallest absolute Gasteiger partial charge is 0.257 e. The van der Waals surface area contributed by atoms with E-state index in [1.807, 2.05) is 0 Å². The Morgan fingerprint density at radius 2 is 1.45 bits per heavy atom. The molecule has 4 saturated carbocycles. The number of primary amides is 1. The van der Waals surface area contributed by atoms with Gasteiger partial charge in [-0.25, -0.2) is 0 Å². The molecule has 0 saturated heterocycles. The molecule has 4 fully saturated rings. The van der Waals surface area contributed by atoms with Crippen molar-refractivity contribution in [2.45, 2.75) is 67.9 Å². The van der Waals surface area contributed by atoms with Crippen molar-refractivity contribution in [2.75, 3.05) is 13.1 Å². The minimum absolute atomic E-state index is 0.000568. The van der Waals surface area contributed by atoms with E-state index in [0.717, 1.165) is 55.6 Å². The van der Waals surface area contributed by atoms with E-state index < -0.39 is 0 Å². The SMILES string of the molecule is NC(=O)C1(CN[C@H]2CC2c2cccc(-c3ccc(-c4nc(C5(CN[C@H]6CC6c6ccccc6)CC5)no4)cc3)c2)CC1. The second kappa shape index (κ2) is 9.89. The third kappa shape index (κ3) is 4.95. The van der Waals surface area contributed by atoms with Gasteiger partial charge in [0.1, 0.15) is 0 Å². The van der Waals surface area contributed by atoms with Crippen LogP contribution in [0.15, 0.2) is 83.4 Å². The summed E-state index contributed by atoms with van der Waals surface area (Å²) in [6.07, 6.45) is 6.32. The highest BCUT2D eigenvalue weighted by molar-refractivity contribution is 5.83. The van der Waals surface area contributed by atoms with Gasteiger partial charge in [-0.2, -0.15) is 4.98 Å². The topological polar surface area (TPSA) is 106 Å². The van der Waals surface area contributed by atoms with Gasteiger partial charge in [-0.05, 0) is 72.9 Å². The first-order chi connectivity index (χ1) is 20.5. The Labute approximate surface area is 246 Å². The number of amides is 1. The molecule has 0 bridgehead atoms. The number of hydrogen-bond acceptors (Lipinski definition) is 6. The summed E-state index contributed by atoms with van der Waals surface area (Å²) in [5.41, 5.74) is 11.4. The minimum atomic E-state index is -0.297. The predicted octanol–water partition coefficient (Wildman–Crippen LogP) is 5.29. The van der Waals surface area contributed by atoms with E-state index in [1.165, 1.54) is 23.1 Å². The number of carbonyl (C=O) groups excluding carboxylic acids is 1. The molecular formula is C35H37N5O2. The summed E-state index contributed by atoms with van der Waals surface area (Å²) in [6.45, 7) is 1.60. The van der Waals surface area contributed by atoms with Crippen LogP contribution in [0.3, 0.4) is 0 Å². The van der Waals surface area contributed by atoms with Gasteiger partial charge < -0.3 is 20.9 Å². The molecule has 214 valence electrons. The Hall–Kier alpha value is -3.81. The molecule has 0 radical (unpaired) electrons. The molecule has 4 aliphatic carbocycles. The molecule has 1 aromatic heterocycles.